The smallest absolute Gasteiger partial charge is 0.224 e. The number of carbonyl (C=O) groups is 2. The third-order valence-corrected chi connectivity index (χ3v) is 5.84. The predicted molar refractivity (Wildman–Crippen MR) is 113 cm³/mol. The summed E-state index contributed by atoms with van der Waals surface area (Å²) in [5.74, 6) is 1.06. The first-order chi connectivity index (χ1) is 14.2. The van der Waals surface area contributed by atoms with Crippen LogP contribution >= 0.6 is 0 Å². The van der Waals surface area contributed by atoms with Crippen LogP contribution in [0.5, 0.6) is 5.75 Å². The SMILES string of the molecule is COc1ccc(C(=O)C2CCN(C(=O)CCn3ccc4ccccc43)CC2)cc1. The van der Waals surface area contributed by atoms with Gasteiger partial charge in [-0.15, -0.1) is 0 Å². The number of aryl methyl sites for hydroxylation is 1. The Labute approximate surface area is 170 Å². The highest BCUT2D eigenvalue weighted by Gasteiger charge is 2.27. The maximum atomic E-state index is 12.7. The highest BCUT2D eigenvalue weighted by Crippen LogP contribution is 2.24. The molecular weight excluding hydrogens is 364 g/mol. The molecule has 0 spiro atoms. The number of methoxy groups -OCH3 is 1. The van der Waals surface area contributed by atoms with E-state index in [1.165, 1.54) is 5.39 Å². The number of carbonyl (C=O) groups excluding carboxylic acids is 2. The van der Waals surface area contributed by atoms with Crippen LogP contribution in [0.4, 0.5) is 0 Å². The second-order valence-electron chi connectivity index (χ2n) is 7.57. The molecule has 0 saturated carbocycles. The average molecular weight is 390 g/mol. The van der Waals surface area contributed by atoms with Gasteiger partial charge in [-0.3, -0.25) is 9.59 Å². The highest BCUT2D eigenvalue weighted by atomic mass is 16.5. The summed E-state index contributed by atoms with van der Waals surface area (Å²) in [5, 5.41) is 1.19. The number of fused-ring (bicyclic) bond motifs is 1. The zero-order valence-electron chi connectivity index (χ0n) is 16.7. The molecule has 29 heavy (non-hydrogen) atoms. The fraction of sp³-hybridized carbons (Fsp3) is 0.333. The van der Waals surface area contributed by atoms with Crippen molar-refractivity contribution in [1.82, 2.24) is 9.47 Å². The minimum Gasteiger partial charge on any atom is -0.497 e. The van der Waals surface area contributed by atoms with Gasteiger partial charge in [0.25, 0.3) is 0 Å². The van der Waals surface area contributed by atoms with E-state index < -0.39 is 0 Å². The Morgan fingerprint density at radius 2 is 1.72 bits per heavy atom. The van der Waals surface area contributed by atoms with Gasteiger partial charge >= 0.3 is 0 Å². The molecule has 150 valence electrons. The van der Waals surface area contributed by atoms with Crippen LogP contribution < -0.4 is 4.74 Å². The number of para-hydroxylation sites is 1. The van der Waals surface area contributed by atoms with Gasteiger partial charge in [0, 0.05) is 49.2 Å². The number of amides is 1. The van der Waals surface area contributed by atoms with Crippen LogP contribution in [-0.2, 0) is 11.3 Å². The third-order valence-electron chi connectivity index (χ3n) is 5.84. The van der Waals surface area contributed by atoms with E-state index in [1.54, 1.807) is 7.11 Å². The molecular formula is C24H26N2O3. The molecule has 1 aliphatic heterocycles. The minimum atomic E-state index is -0.0131. The Bertz CT molecular complexity index is 998. The second kappa shape index (κ2) is 8.52. The Balaban J connectivity index is 1.29. The number of Topliss-reactive ketones (excluding diaryl/α,β-unsaturated/α-hetero) is 1. The van der Waals surface area contributed by atoms with Gasteiger partial charge < -0.3 is 14.2 Å². The minimum absolute atomic E-state index is 0.0131. The van der Waals surface area contributed by atoms with Crippen molar-refractivity contribution in [2.45, 2.75) is 25.8 Å². The molecule has 2 heterocycles. The lowest BCUT2D eigenvalue weighted by atomic mass is 9.89. The second-order valence-corrected chi connectivity index (χ2v) is 7.57. The van der Waals surface area contributed by atoms with Gasteiger partial charge in [0.05, 0.1) is 7.11 Å². The number of likely N-dealkylation sites (tertiary alicyclic amines) is 1. The summed E-state index contributed by atoms with van der Waals surface area (Å²) in [6.45, 7) is 1.98. The van der Waals surface area contributed by atoms with E-state index in [4.69, 9.17) is 4.74 Å². The molecule has 3 aromatic rings. The quantitative estimate of drug-likeness (QED) is 0.594. The molecule has 0 unspecified atom stereocenters. The summed E-state index contributed by atoms with van der Waals surface area (Å²) in [6.07, 6.45) is 3.97. The Morgan fingerprint density at radius 3 is 2.45 bits per heavy atom. The summed E-state index contributed by atoms with van der Waals surface area (Å²) < 4.78 is 7.28. The topological polar surface area (TPSA) is 51.5 Å². The first-order valence-electron chi connectivity index (χ1n) is 10.2. The molecule has 1 saturated heterocycles. The first kappa shape index (κ1) is 19.2. The molecule has 1 aromatic heterocycles. The van der Waals surface area contributed by atoms with Crippen LogP contribution in [0.2, 0.25) is 0 Å². The predicted octanol–water partition coefficient (Wildman–Crippen LogP) is 4.16. The number of aromatic nitrogens is 1. The summed E-state index contributed by atoms with van der Waals surface area (Å²) in [6, 6.07) is 17.6. The zero-order valence-corrected chi connectivity index (χ0v) is 16.7. The lowest BCUT2D eigenvalue weighted by molar-refractivity contribution is -0.132. The average Bonchev–Trinajstić information content (AvgIpc) is 3.20. The number of nitrogens with zero attached hydrogens (tertiary/aromatic N) is 2. The van der Waals surface area contributed by atoms with E-state index in [0.29, 0.717) is 26.1 Å². The van der Waals surface area contributed by atoms with Crippen molar-refractivity contribution in [3.63, 3.8) is 0 Å². The van der Waals surface area contributed by atoms with Crippen molar-refractivity contribution in [2.24, 2.45) is 5.92 Å². The number of hydrogen-bond acceptors (Lipinski definition) is 3. The fourth-order valence-electron chi connectivity index (χ4n) is 4.09. The maximum absolute atomic E-state index is 12.7. The largest absolute Gasteiger partial charge is 0.497 e. The van der Waals surface area contributed by atoms with Crippen molar-refractivity contribution in [3.05, 3.63) is 66.4 Å². The van der Waals surface area contributed by atoms with Gasteiger partial charge in [0.1, 0.15) is 5.75 Å². The van der Waals surface area contributed by atoms with E-state index in [-0.39, 0.29) is 17.6 Å². The van der Waals surface area contributed by atoms with Gasteiger partial charge in [-0.1, -0.05) is 18.2 Å². The van der Waals surface area contributed by atoms with Crippen LogP contribution in [0.25, 0.3) is 10.9 Å². The van der Waals surface area contributed by atoms with Gasteiger partial charge in [-0.25, -0.2) is 0 Å². The van der Waals surface area contributed by atoms with Crippen molar-refractivity contribution in [2.75, 3.05) is 20.2 Å². The van der Waals surface area contributed by atoms with Gasteiger partial charge in [-0.2, -0.15) is 0 Å². The van der Waals surface area contributed by atoms with Crippen LogP contribution in [0.15, 0.2) is 60.8 Å². The van der Waals surface area contributed by atoms with E-state index in [9.17, 15) is 9.59 Å². The zero-order chi connectivity index (χ0) is 20.2. The van der Waals surface area contributed by atoms with E-state index in [1.807, 2.05) is 47.5 Å². The molecule has 0 aliphatic carbocycles. The summed E-state index contributed by atoms with van der Waals surface area (Å²) in [5.41, 5.74) is 1.87. The number of piperidine rings is 1. The fourth-order valence-corrected chi connectivity index (χ4v) is 4.09. The maximum Gasteiger partial charge on any atom is 0.224 e. The number of rotatable bonds is 6. The monoisotopic (exact) mass is 390 g/mol. The van der Waals surface area contributed by atoms with E-state index >= 15 is 0 Å². The van der Waals surface area contributed by atoms with Crippen molar-refractivity contribution >= 4 is 22.6 Å². The molecule has 0 bridgehead atoms. The van der Waals surface area contributed by atoms with Gasteiger partial charge in [-0.05, 0) is 54.6 Å². The molecule has 5 nitrogen and oxygen atoms in total. The van der Waals surface area contributed by atoms with Gasteiger partial charge in [0.2, 0.25) is 5.91 Å². The Morgan fingerprint density at radius 1 is 1.00 bits per heavy atom. The molecule has 0 radical (unpaired) electrons. The van der Waals surface area contributed by atoms with E-state index in [0.717, 1.165) is 29.7 Å². The highest BCUT2D eigenvalue weighted by molar-refractivity contribution is 5.98. The van der Waals surface area contributed by atoms with E-state index in [2.05, 4.69) is 22.8 Å². The van der Waals surface area contributed by atoms with Crippen LogP contribution in [0.3, 0.4) is 0 Å². The lowest BCUT2D eigenvalue weighted by Crippen LogP contribution is -2.40. The Hall–Kier alpha value is -3.08. The molecule has 0 atom stereocenters. The summed E-state index contributed by atoms with van der Waals surface area (Å²) >= 11 is 0. The third kappa shape index (κ3) is 4.19. The van der Waals surface area contributed by atoms with Crippen LogP contribution in [0.1, 0.15) is 29.6 Å². The number of ether oxygens (including phenoxy) is 1. The summed E-state index contributed by atoms with van der Waals surface area (Å²) in [4.78, 5) is 27.3. The van der Waals surface area contributed by atoms with Crippen molar-refractivity contribution < 1.29 is 14.3 Å². The molecule has 2 aromatic carbocycles. The molecule has 4 rings (SSSR count). The molecule has 5 heteroatoms. The lowest BCUT2D eigenvalue weighted by Gasteiger charge is -2.31. The van der Waals surface area contributed by atoms with Crippen LogP contribution in [0, 0.1) is 5.92 Å². The molecule has 0 N–H and O–H groups in total. The first-order valence-corrected chi connectivity index (χ1v) is 10.2. The normalized spacial score (nSPS) is 14.9. The number of benzene rings is 2. The van der Waals surface area contributed by atoms with Crippen molar-refractivity contribution in [1.29, 1.82) is 0 Å². The molecule has 1 fully saturated rings. The standard InChI is InChI=1S/C24H26N2O3/c1-29-21-8-6-19(7-9-21)24(28)20-11-15-26(16-12-20)23(27)13-17-25-14-10-18-4-2-3-5-22(18)25/h2-10,14,20H,11-13,15-17H2,1H3. The summed E-state index contributed by atoms with van der Waals surface area (Å²) in [7, 11) is 1.61. The van der Waals surface area contributed by atoms with Crippen LogP contribution in [-0.4, -0.2) is 41.4 Å². The molecule has 1 amide bonds. The molecule has 1 aliphatic rings. The van der Waals surface area contributed by atoms with Crippen molar-refractivity contribution in [3.8, 4) is 5.75 Å². The number of ketones is 1. The number of hydrogen-bond donors (Lipinski definition) is 0. The van der Waals surface area contributed by atoms with Gasteiger partial charge in [0.15, 0.2) is 5.78 Å². The Kier molecular flexibility index (Phi) is 5.65.